The van der Waals surface area contributed by atoms with Crippen molar-refractivity contribution in [3.05, 3.63) is 20.3 Å². The molecule has 1 atom stereocenters. The molecule has 0 radical (unpaired) electrons. The van der Waals surface area contributed by atoms with Crippen molar-refractivity contribution in [2.75, 3.05) is 6.54 Å². The summed E-state index contributed by atoms with van der Waals surface area (Å²) in [5.41, 5.74) is 6.30. The van der Waals surface area contributed by atoms with E-state index in [1.165, 1.54) is 4.88 Å². The maximum Gasteiger partial charge on any atom is 0.0950 e. The summed E-state index contributed by atoms with van der Waals surface area (Å²) in [6, 6.07) is 2.06. The number of rotatable bonds is 3. The molecule has 2 nitrogen and oxygen atoms in total. The predicted octanol–water partition coefficient (Wildman–Crippen LogP) is 4.40. The second kappa shape index (κ2) is 5.47. The van der Waals surface area contributed by atoms with Crippen molar-refractivity contribution < 1.29 is 5.11 Å². The number of nitrogens with two attached hydrogens (primary N) is 1. The molecule has 19 heavy (non-hydrogen) atoms. The van der Waals surface area contributed by atoms with E-state index < -0.39 is 6.10 Å². The minimum atomic E-state index is -0.427. The first-order chi connectivity index (χ1) is 8.80. The maximum atomic E-state index is 10.8. The van der Waals surface area contributed by atoms with Gasteiger partial charge in [0.1, 0.15) is 0 Å². The summed E-state index contributed by atoms with van der Waals surface area (Å²) >= 11 is 5.21. The Morgan fingerprint density at radius 1 is 1.37 bits per heavy atom. The van der Waals surface area contributed by atoms with E-state index in [9.17, 15) is 5.11 Å². The van der Waals surface area contributed by atoms with E-state index in [-0.39, 0.29) is 5.41 Å². The molecule has 1 heterocycles. The lowest BCUT2D eigenvalue weighted by Crippen LogP contribution is -2.41. The first kappa shape index (κ1) is 15.5. The van der Waals surface area contributed by atoms with Gasteiger partial charge in [0.05, 0.1) is 6.10 Å². The highest BCUT2D eigenvalue weighted by Gasteiger charge is 2.43. The third kappa shape index (κ3) is 3.07. The van der Waals surface area contributed by atoms with Gasteiger partial charge in [-0.3, -0.25) is 0 Å². The fraction of sp³-hybridized carbons (Fsp3) is 0.733. The third-order valence-corrected chi connectivity index (χ3v) is 6.92. The molecule has 1 unspecified atom stereocenters. The van der Waals surface area contributed by atoms with Crippen LogP contribution >= 0.6 is 27.3 Å². The van der Waals surface area contributed by atoms with Gasteiger partial charge >= 0.3 is 0 Å². The molecular weight excluding hydrogens is 322 g/mol. The molecule has 4 heteroatoms. The van der Waals surface area contributed by atoms with Crippen molar-refractivity contribution in [2.24, 2.45) is 16.6 Å². The van der Waals surface area contributed by atoms with Gasteiger partial charge in [0.25, 0.3) is 0 Å². The number of thiophene rings is 1. The standard InChI is InChI=1S/C15H24BrNOS/c1-10-11(16)8-12(19-10)13(18)15(9-17)6-4-14(2,3)5-7-15/h8,13,18H,4-7,9,17H2,1-3H3. The summed E-state index contributed by atoms with van der Waals surface area (Å²) in [5, 5.41) is 10.8. The van der Waals surface area contributed by atoms with Crippen molar-refractivity contribution in [2.45, 2.75) is 52.6 Å². The van der Waals surface area contributed by atoms with Gasteiger partial charge in [0, 0.05) is 26.2 Å². The summed E-state index contributed by atoms with van der Waals surface area (Å²) in [5.74, 6) is 0. The van der Waals surface area contributed by atoms with Crippen LogP contribution in [0.4, 0.5) is 0 Å². The van der Waals surface area contributed by atoms with E-state index >= 15 is 0 Å². The van der Waals surface area contributed by atoms with Crippen LogP contribution < -0.4 is 5.73 Å². The summed E-state index contributed by atoms with van der Waals surface area (Å²) in [6.45, 7) is 7.26. The summed E-state index contributed by atoms with van der Waals surface area (Å²) in [7, 11) is 0. The van der Waals surface area contributed by atoms with E-state index in [0.717, 1.165) is 35.0 Å². The Labute approximate surface area is 128 Å². The SMILES string of the molecule is Cc1sc(C(O)C2(CN)CCC(C)(C)CC2)cc1Br. The topological polar surface area (TPSA) is 46.2 Å². The van der Waals surface area contributed by atoms with Crippen molar-refractivity contribution in [3.8, 4) is 0 Å². The Hall–Kier alpha value is 0.100. The smallest absolute Gasteiger partial charge is 0.0950 e. The number of aliphatic hydroxyl groups excluding tert-OH is 1. The Kier molecular flexibility index (Phi) is 4.46. The fourth-order valence-electron chi connectivity index (χ4n) is 2.93. The highest BCUT2D eigenvalue weighted by atomic mass is 79.9. The highest BCUT2D eigenvalue weighted by molar-refractivity contribution is 9.10. The van der Waals surface area contributed by atoms with Crippen molar-refractivity contribution in [3.63, 3.8) is 0 Å². The van der Waals surface area contributed by atoms with Gasteiger partial charge in [0.15, 0.2) is 0 Å². The van der Waals surface area contributed by atoms with E-state index in [0.29, 0.717) is 12.0 Å². The average molecular weight is 346 g/mol. The van der Waals surface area contributed by atoms with E-state index in [4.69, 9.17) is 5.73 Å². The zero-order valence-corrected chi connectivity index (χ0v) is 14.4. The second-order valence-corrected chi connectivity index (χ2v) is 8.83. The quantitative estimate of drug-likeness (QED) is 0.852. The highest BCUT2D eigenvalue weighted by Crippen LogP contribution is 2.52. The zero-order valence-electron chi connectivity index (χ0n) is 12.0. The molecule has 108 valence electrons. The molecule has 0 spiro atoms. The molecule has 1 saturated carbocycles. The fourth-order valence-corrected chi connectivity index (χ4v) is 4.62. The normalized spacial score (nSPS) is 23.3. The lowest BCUT2D eigenvalue weighted by atomic mass is 9.62. The molecule has 0 aromatic carbocycles. The average Bonchev–Trinajstić information content (AvgIpc) is 2.70. The molecule has 1 aromatic heterocycles. The maximum absolute atomic E-state index is 10.8. The Morgan fingerprint density at radius 3 is 2.37 bits per heavy atom. The Balaban J connectivity index is 2.22. The van der Waals surface area contributed by atoms with E-state index in [1.807, 2.05) is 0 Å². The van der Waals surface area contributed by atoms with Crippen LogP contribution in [0.1, 0.15) is 55.4 Å². The lowest BCUT2D eigenvalue weighted by Gasteiger charge is -2.45. The number of aryl methyl sites for hydroxylation is 1. The van der Waals surface area contributed by atoms with Gasteiger partial charge in [-0.2, -0.15) is 0 Å². The first-order valence-corrected chi connectivity index (χ1v) is 8.55. The lowest BCUT2D eigenvalue weighted by molar-refractivity contribution is -0.0215. The molecular formula is C15H24BrNOS. The molecule has 1 aliphatic carbocycles. The van der Waals surface area contributed by atoms with Crippen LogP contribution in [0.2, 0.25) is 0 Å². The molecule has 2 rings (SSSR count). The van der Waals surface area contributed by atoms with Crippen LogP contribution in [0.5, 0.6) is 0 Å². The minimum absolute atomic E-state index is 0.133. The molecule has 1 fully saturated rings. The number of halogens is 1. The number of hydrogen-bond acceptors (Lipinski definition) is 3. The minimum Gasteiger partial charge on any atom is -0.387 e. The van der Waals surface area contributed by atoms with Crippen LogP contribution in [0.3, 0.4) is 0 Å². The molecule has 0 bridgehead atoms. The number of aliphatic hydroxyl groups is 1. The Bertz CT molecular complexity index is 425. The van der Waals surface area contributed by atoms with E-state index in [1.54, 1.807) is 11.3 Å². The van der Waals surface area contributed by atoms with Crippen molar-refractivity contribution >= 4 is 27.3 Å². The van der Waals surface area contributed by atoms with Crippen LogP contribution in [0, 0.1) is 17.8 Å². The van der Waals surface area contributed by atoms with Gasteiger partial charge in [-0.25, -0.2) is 0 Å². The monoisotopic (exact) mass is 345 g/mol. The van der Waals surface area contributed by atoms with Gasteiger partial charge < -0.3 is 10.8 Å². The summed E-state index contributed by atoms with van der Waals surface area (Å²) in [6.07, 6.45) is 3.90. The van der Waals surface area contributed by atoms with Gasteiger partial charge in [-0.1, -0.05) is 13.8 Å². The Morgan fingerprint density at radius 2 is 1.95 bits per heavy atom. The zero-order chi connectivity index (χ0) is 14.3. The second-order valence-electron chi connectivity index (χ2n) is 6.69. The van der Waals surface area contributed by atoms with Crippen molar-refractivity contribution in [1.82, 2.24) is 0 Å². The third-order valence-electron chi connectivity index (χ3n) is 4.73. The van der Waals surface area contributed by atoms with Gasteiger partial charge in [0.2, 0.25) is 0 Å². The van der Waals surface area contributed by atoms with Crippen molar-refractivity contribution in [1.29, 1.82) is 0 Å². The number of hydrogen-bond donors (Lipinski definition) is 2. The molecule has 3 N–H and O–H groups in total. The van der Waals surface area contributed by atoms with Gasteiger partial charge in [-0.05, 0) is 60.0 Å². The molecule has 0 aliphatic heterocycles. The molecule has 1 aromatic rings. The molecule has 0 amide bonds. The van der Waals surface area contributed by atoms with Crippen LogP contribution in [-0.2, 0) is 0 Å². The molecule has 1 aliphatic rings. The first-order valence-electron chi connectivity index (χ1n) is 6.94. The molecule has 0 saturated heterocycles. The van der Waals surface area contributed by atoms with Crippen LogP contribution in [0.25, 0.3) is 0 Å². The largest absolute Gasteiger partial charge is 0.387 e. The van der Waals surface area contributed by atoms with Gasteiger partial charge in [-0.15, -0.1) is 11.3 Å². The van der Waals surface area contributed by atoms with Crippen LogP contribution in [0.15, 0.2) is 10.5 Å². The predicted molar refractivity (Wildman–Crippen MR) is 85.5 cm³/mol. The van der Waals surface area contributed by atoms with E-state index in [2.05, 4.69) is 42.8 Å². The van der Waals surface area contributed by atoms with Crippen LogP contribution in [-0.4, -0.2) is 11.7 Å². The summed E-state index contributed by atoms with van der Waals surface area (Å²) in [4.78, 5) is 2.27. The summed E-state index contributed by atoms with van der Waals surface area (Å²) < 4.78 is 1.09.